The zero-order valence-electron chi connectivity index (χ0n) is 20.1. The number of nitrogens with zero attached hydrogens (tertiary/aromatic N) is 4. The highest BCUT2D eigenvalue weighted by Gasteiger charge is 2.63. The molecule has 3 fully saturated rings. The van der Waals surface area contributed by atoms with E-state index in [1.807, 2.05) is 7.05 Å². The van der Waals surface area contributed by atoms with Crippen LogP contribution in [0.3, 0.4) is 0 Å². The normalized spacial score (nSPS) is 24.9. The first-order chi connectivity index (χ1) is 17.1. The highest BCUT2D eigenvalue weighted by Crippen LogP contribution is 2.46. The number of hydrogen-bond acceptors (Lipinski definition) is 7. The van der Waals surface area contributed by atoms with Gasteiger partial charge in [-0.25, -0.2) is 8.42 Å². The summed E-state index contributed by atoms with van der Waals surface area (Å²) in [6, 6.07) is 6.87. The lowest BCUT2D eigenvalue weighted by atomic mass is 9.86. The second-order valence-electron chi connectivity index (χ2n) is 9.64. The number of halogens is 1. The average molecular weight is 551 g/mol. The fraction of sp³-hybridized carbons (Fsp3) is 0.500. The van der Waals surface area contributed by atoms with E-state index in [1.54, 1.807) is 41.2 Å². The molecule has 1 atom stereocenters. The van der Waals surface area contributed by atoms with Gasteiger partial charge in [0.1, 0.15) is 9.87 Å². The van der Waals surface area contributed by atoms with Crippen molar-refractivity contribution in [3.63, 3.8) is 0 Å². The summed E-state index contributed by atoms with van der Waals surface area (Å²) in [5.41, 5.74) is -1.37. The molecule has 1 unspecified atom stereocenters. The van der Waals surface area contributed by atoms with Gasteiger partial charge in [0, 0.05) is 42.0 Å². The van der Waals surface area contributed by atoms with Crippen molar-refractivity contribution in [2.45, 2.75) is 28.3 Å². The van der Waals surface area contributed by atoms with E-state index in [0.29, 0.717) is 37.5 Å². The molecule has 12 heteroatoms. The average Bonchev–Trinajstić information content (AvgIpc) is 3.38. The molecule has 192 valence electrons. The summed E-state index contributed by atoms with van der Waals surface area (Å²) in [5, 5.41) is 1.31. The Hall–Kier alpha value is -2.20. The number of methoxy groups -OCH3 is 1. The number of fused-ring (bicyclic) bond motifs is 2. The van der Waals surface area contributed by atoms with Crippen LogP contribution in [0.1, 0.15) is 12.8 Å². The van der Waals surface area contributed by atoms with Crippen LogP contribution in [0.15, 0.2) is 28.5 Å². The van der Waals surface area contributed by atoms with Crippen molar-refractivity contribution in [1.82, 2.24) is 19.0 Å². The predicted molar refractivity (Wildman–Crippen MR) is 137 cm³/mol. The molecular formula is C24H27ClN4O5S2. The molecule has 2 aromatic rings. The summed E-state index contributed by atoms with van der Waals surface area (Å²) in [7, 11) is -0.481. The van der Waals surface area contributed by atoms with E-state index < -0.39 is 21.2 Å². The van der Waals surface area contributed by atoms with Crippen molar-refractivity contribution < 1.29 is 22.7 Å². The van der Waals surface area contributed by atoms with E-state index in [-0.39, 0.29) is 35.7 Å². The van der Waals surface area contributed by atoms with Gasteiger partial charge in [0.2, 0.25) is 5.91 Å². The van der Waals surface area contributed by atoms with E-state index in [2.05, 4.69) is 10.8 Å². The Kier molecular flexibility index (Phi) is 6.34. The lowest BCUT2D eigenvalue weighted by molar-refractivity contribution is -0.152. The minimum absolute atomic E-state index is 0.0785. The van der Waals surface area contributed by atoms with Crippen LogP contribution in [0.5, 0.6) is 0 Å². The van der Waals surface area contributed by atoms with Gasteiger partial charge in [-0.2, -0.15) is 4.31 Å². The molecule has 9 nitrogen and oxygen atoms in total. The summed E-state index contributed by atoms with van der Waals surface area (Å²) in [5.74, 6) is 1.56. The second kappa shape index (κ2) is 8.97. The number of rotatable bonds is 4. The van der Waals surface area contributed by atoms with Crippen LogP contribution < -0.4 is 0 Å². The Morgan fingerprint density at radius 3 is 2.64 bits per heavy atom. The van der Waals surface area contributed by atoms with E-state index >= 15 is 0 Å². The molecule has 0 N–H and O–H groups in total. The van der Waals surface area contributed by atoms with Crippen molar-refractivity contribution in [2.75, 3.05) is 53.5 Å². The standard InChI is InChI=1S/C24H27ClN4O5S2/c1-4-20(30)27-9-7-23(8-10-27)14-29-21(31)13-28(15-24(29,16-34-3)26(23)2)36(32,33)22-11-17-5-6-18(25)12-19(17)35-22/h1,5-6,11-12H,7-10,13-16H2,2-3H3. The molecule has 3 aliphatic rings. The Morgan fingerprint density at radius 1 is 1.25 bits per heavy atom. The van der Waals surface area contributed by atoms with Gasteiger partial charge >= 0.3 is 0 Å². The topological polar surface area (TPSA) is 90.5 Å². The zero-order valence-corrected chi connectivity index (χ0v) is 22.5. The maximum Gasteiger partial charge on any atom is 0.298 e. The fourth-order valence-corrected chi connectivity index (χ4v) is 9.09. The highest BCUT2D eigenvalue weighted by molar-refractivity contribution is 7.91. The van der Waals surface area contributed by atoms with Gasteiger partial charge in [0.05, 0.1) is 19.7 Å². The lowest BCUT2D eigenvalue weighted by Crippen LogP contribution is -2.70. The molecule has 0 saturated carbocycles. The number of carbonyl (C=O) groups is 2. The quantitative estimate of drug-likeness (QED) is 0.538. The number of likely N-dealkylation sites (tertiary alicyclic amines) is 1. The number of likely N-dealkylation sites (N-methyl/N-ethyl adjacent to an activating group) is 1. The molecule has 1 aromatic carbocycles. The van der Waals surface area contributed by atoms with Crippen molar-refractivity contribution in [3.05, 3.63) is 29.3 Å². The Morgan fingerprint density at radius 2 is 1.97 bits per heavy atom. The highest BCUT2D eigenvalue weighted by atomic mass is 35.5. The van der Waals surface area contributed by atoms with E-state index in [0.717, 1.165) is 21.4 Å². The maximum absolute atomic E-state index is 13.8. The van der Waals surface area contributed by atoms with Crippen LogP contribution in [0.25, 0.3) is 10.1 Å². The maximum atomic E-state index is 13.8. The van der Waals surface area contributed by atoms with Gasteiger partial charge in [-0.3, -0.25) is 14.5 Å². The summed E-state index contributed by atoms with van der Waals surface area (Å²) in [4.78, 5) is 31.0. The zero-order chi connectivity index (χ0) is 25.9. The van der Waals surface area contributed by atoms with E-state index in [9.17, 15) is 18.0 Å². The summed E-state index contributed by atoms with van der Waals surface area (Å²) in [6.07, 6.45) is 6.54. The first-order valence-corrected chi connectivity index (χ1v) is 14.2. The third-order valence-electron chi connectivity index (χ3n) is 7.87. The third kappa shape index (κ3) is 3.83. The molecule has 5 rings (SSSR count). The number of piperidine rings is 1. The minimum atomic E-state index is -3.95. The van der Waals surface area contributed by atoms with Gasteiger partial charge in [-0.15, -0.1) is 17.8 Å². The SMILES string of the molecule is C#CC(=O)N1CCC2(CC1)CN1C(=O)CN(S(=O)(=O)c3cc4ccc(Cl)cc4s3)CC1(COC)N2C. The molecule has 0 aliphatic carbocycles. The summed E-state index contributed by atoms with van der Waals surface area (Å²) in [6.45, 7) is 1.39. The number of sulfonamides is 1. The van der Waals surface area contributed by atoms with Gasteiger partial charge in [-0.1, -0.05) is 17.7 Å². The summed E-state index contributed by atoms with van der Waals surface area (Å²) < 4.78 is 35.3. The molecule has 1 spiro atoms. The van der Waals surface area contributed by atoms with Crippen molar-refractivity contribution in [1.29, 1.82) is 0 Å². The molecular weight excluding hydrogens is 524 g/mol. The molecule has 36 heavy (non-hydrogen) atoms. The van der Waals surface area contributed by atoms with Gasteiger partial charge in [0.25, 0.3) is 15.9 Å². The number of amides is 2. The van der Waals surface area contributed by atoms with Gasteiger partial charge in [-0.05, 0) is 49.4 Å². The van der Waals surface area contributed by atoms with Crippen LogP contribution in [0, 0.1) is 12.3 Å². The van der Waals surface area contributed by atoms with Crippen LogP contribution >= 0.6 is 22.9 Å². The first-order valence-electron chi connectivity index (χ1n) is 11.5. The lowest BCUT2D eigenvalue weighted by Gasteiger charge is -2.50. The first kappa shape index (κ1) is 25.4. The molecule has 1 aromatic heterocycles. The second-order valence-corrected chi connectivity index (χ2v) is 13.3. The molecule has 3 aliphatic heterocycles. The van der Waals surface area contributed by atoms with Crippen LogP contribution in [0.4, 0.5) is 0 Å². The molecule has 4 heterocycles. The molecule has 0 radical (unpaired) electrons. The van der Waals surface area contributed by atoms with Crippen LogP contribution in [-0.4, -0.2) is 104 Å². The number of hydrogen-bond donors (Lipinski definition) is 0. The van der Waals surface area contributed by atoms with E-state index in [4.69, 9.17) is 22.8 Å². The van der Waals surface area contributed by atoms with Crippen molar-refractivity contribution in [3.8, 4) is 12.3 Å². The number of ether oxygens (including phenoxy) is 1. The van der Waals surface area contributed by atoms with Crippen LogP contribution in [-0.2, 0) is 24.3 Å². The Balaban J connectivity index is 1.47. The molecule has 3 saturated heterocycles. The minimum Gasteiger partial charge on any atom is -0.381 e. The van der Waals surface area contributed by atoms with Crippen molar-refractivity contribution in [2.24, 2.45) is 0 Å². The van der Waals surface area contributed by atoms with Crippen LogP contribution in [0.2, 0.25) is 5.02 Å². The number of piperazine rings is 1. The smallest absolute Gasteiger partial charge is 0.298 e. The monoisotopic (exact) mass is 550 g/mol. The number of benzene rings is 1. The fourth-order valence-electron chi connectivity index (χ4n) is 5.82. The predicted octanol–water partition coefficient (Wildman–Crippen LogP) is 1.67. The Bertz CT molecular complexity index is 1380. The number of terminal acetylenes is 1. The third-order valence-corrected chi connectivity index (χ3v) is 11.4. The van der Waals surface area contributed by atoms with Gasteiger partial charge < -0.3 is 14.5 Å². The summed E-state index contributed by atoms with van der Waals surface area (Å²) >= 11 is 7.23. The van der Waals surface area contributed by atoms with Crippen molar-refractivity contribution >= 4 is 54.9 Å². The number of carbonyl (C=O) groups excluding carboxylic acids is 2. The molecule has 2 amide bonds. The Labute approximate surface area is 219 Å². The molecule has 0 bridgehead atoms. The number of thiophene rings is 1. The largest absolute Gasteiger partial charge is 0.381 e. The van der Waals surface area contributed by atoms with E-state index in [1.165, 1.54) is 4.31 Å². The van der Waals surface area contributed by atoms with Gasteiger partial charge in [0.15, 0.2) is 0 Å².